The molecule has 0 aliphatic rings. The Kier molecular flexibility index (Phi) is 4.45. The molecule has 0 unspecified atom stereocenters. The fourth-order valence-corrected chi connectivity index (χ4v) is 1.91. The molecule has 5 nitrogen and oxygen atoms in total. The predicted octanol–water partition coefficient (Wildman–Crippen LogP) is 0.873. The quantitative estimate of drug-likeness (QED) is 0.422. The van der Waals surface area contributed by atoms with Crippen LogP contribution >= 0.6 is 0 Å². The summed E-state index contributed by atoms with van der Waals surface area (Å²) in [6.07, 6.45) is 0. The third kappa shape index (κ3) is 3.63. The number of ether oxygens (including phenoxy) is 1. The monoisotopic (exact) mass is 244 g/mol. The molecular weight excluding hydrogens is 232 g/mol. The largest absolute Gasteiger partial charge is 0.465 e. The second-order valence-electron chi connectivity index (χ2n) is 3.06. The normalized spacial score (nSPS) is 11.1. The van der Waals surface area contributed by atoms with Gasteiger partial charge in [0, 0.05) is 0 Å². The van der Waals surface area contributed by atoms with Crippen molar-refractivity contribution in [3.8, 4) is 0 Å². The maximum Gasteiger partial charge on any atom is 0.297 e. The van der Waals surface area contributed by atoms with Gasteiger partial charge in [-0.2, -0.15) is 8.42 Å². The van der Waals surface area contributed by atoms with E-state index in [0.717, 1.165) is 5.56 Å². The molecule has 0 aliphatic heterocycles. The van der Waals surface area contributed by atoms with Gasteiger partial charge in [0.05, 0.1) is 4.90 Å². The Bertz CT molecular complexity index is 435. The SMILES string of the molecule is Cc1ccc(S(=O)(=O)OCCOC=O)cc1. The van der Waals surface area contributed by atoms with E-state index in [-0.39, 0.29) is 24.6 Å². The third-order valence-electron chi connectivity index (χ3n) is 1.82. The van der Waals surface area contributed by atoms with Crippen LogP contribution in [0.2, 0.25) is 0 Å². The Morgan fingerprint density at radius 1 is 1.19 bits per heavy atom. The second kappa shape index (κ2) is 5.62. The molecule has 0 atom stereocenters. The lowest BCUT2D eigenvalue weighted by Crippen LogP contribution is -2.11. The standard InChI is InChI=1S/C10H12O5S/c1-9-2-4-10(5-3-9)16(12,13)15-7-6-14-8-11/h2-5,8H,6-7H2,1H3. The van der Waals surface area contributed by atoms with E-state index in [4.69, 9.17) is 0 Å². The van der Waals surface area contributed by atoms with Crippen molar-refractivity contribution in [3.63, 3.8) is 0 Å². The fraction of sp³-hybridized carbons (Fsp3) is 0.300. The van der Waals surface area contributed by atoms with Crippen LogP contribution in [0, 0.1) is 6.92 Å². The first kappa shape index (κ1) is 12.7. The smallest absolute Gasteiger partial charge is 0.297 e. The second-order valence-corrected chi connectivity index (χ2v) is 4.67. The van der Waals surface area contributed by atoms with Crippen LogP contribution < -0.4 is 0 Å². The van der Waals surface area contributed by atoms with Crippen LogP contribution in [0.15, 0.2) is 29.2 Å². The molecule has 0 saturated heterocycles. The van der Waals surface area contributed by atoms with Crippen LogP contribution in [0.1, 0.15) is 5.56 Å². The highest BCUT2D eigenvalue weighted by Gasteiger charge is 2.14. The van der Waals surface area contributed by atoms with E-state index < -0.39 is 10.1 Å². The molecule has 0 heterocycles. The third-order valence-corrected chi connectivity index (χ3v) is 3.14. The summed E-state index contributed by atoms with van der Waals surface area (Å²) in [4.78, 5) is 9.90. The molecule has 0 amide bonds. The number of hydrogen-bond acceptors (Lipinski definition) is 5. The summed E-state index contributed by atoms with van der Waals surface area (Å²) in [6.45, 7) is 1.82. The maximum atomic E-state index is 11.5. The molecule has 0 spiro atoms. The van der Waals surface area contributed by atoms with Crippen LogP contribution in [0.4, 0.5) is 0 Å². The van der Waals surface area contributed by atoms with Crippen molar-refractivity contribution < 1.29 is 22.1 Å². The van der Waals surface area contributed by atoms with Crippen LogP contribution in [0.25, 0.3) is 0 Å². The van der Waals surface area contributed by atoms with Crippen molar-refractivity contribution >= 4 is 16.6 Å². The van der Waals surface area contributed by atoms with Gasteiger partial charge in [-0.25, -0.2) is 0 Å². The zero-order chi connectivity index (χ0) is 12.0. The molecular formula is C10H12O5S. The Hall–Kier alpha value is -1.40. The lowest BCUT2D eigenvalue weighted by Gasteiger charge is -2.05. The van der Waals surface area contributed by atoms with Gasteiger partial charge < -0.3 is 4.74 Å². The van der Waals surface area contributed by atoms with E-state index in [1.54, 1.807) is 12.1 Å². The summed E-state index contributed by atoms with van der Waals surface area (Å²) in [5.74, 6) is 0. The van der Waals surface area contributed by atoms with Gasteiger partial charge >= 0.3 is 0 Å². The molecule has 1 aromatic rings. The Morgan fingerprint density at radius 2 is 1.81 bits per heavy atom. The summed E-state index contributed by atoms with van der Waals surface area (Å²) in [5.41, 5.74) is 0.961. The molecule has 88 valence electrons. The molecule has 0 bridgehead atoms. The maximum absolute atomic E-state index is 11.5. The van der Waals surface area contributed by atoms with Gasteiger partial charge in [-0.05, 0) is 19.1 Å². The summed E-state index contributed by atoms with van der Waals surface area (Å²) < 4.78 is 32.0. The minimum absolute atomic E-state index is 0.0872. The van der Waals surface area contributed by atoms with Crippen molar-refractivity contribution in [3.05, 3.63) is 29.8 Å². The molecule has 0 radical (unpaired) electrons. The molecule has 1 rings (SSSR count). The van der Waals surface area contributed by atoms with Crippen LogP contribution in [-0.2, 0) is 23.8 Å². The number of rotatable bonds is 6. The lowest BCUT2D eigenvalue weighted by atomic mass is 10.2. The van der Waals surface area contributed by atoms with Gasteiger partial charge in [-0.1, -0.05) is 17.7 Å². The minimum Gasteiger partial charge on any atom is -0.465 e. The lowest BCUT2D eigenvalue weighted by molar-refractivity contribution is -0.129. The zero-order valence-corrected chi connectivity index (χ0v) is 9.57. The van der Waals surface area contributed by atoms with Gasteiger partial charge in [-0.15, -0.1) is 0 Å². The Morgan fingerprint density at radius 3 is 2.38 bits per heavy atom. The molecule has 16 heavy (non-hydrogen) atoms. The molecule has 1 aromatic carbocycles. The minimum atomic E-state index is -3.75. The van der Waals surface area contributed by atoms with Crippen molar-refractivity contribution in [1.29, 1.82) is 0 Å². The molecule has 6 heteroatoms. The topological polar surface area (TPSA) is 69.7 Å². The summed E-state index contributed by atoms with van der Waals surface area (Å²) in [5, 5.41) is 0. The van der Waals surface area contributed by atoms with Crippen molar-refractivity contribution in [2.24, 2.45) is 0 Å². The van der Waals surface area contributed by atoms with Crippen LogP contribution in [0.3, 0.4) is 0 Å². The highest BCUT2D eigenvalue weighted by Crippen LogP contribution is 2.12. The van der Waals surface area contributed by atoms with Crippen molar-refractivity contribution in [2.45, 2.75) is 11.8 Å². The highest BCUT2D eigenvalue weighted by molar-refractivity contribution is 7.86. The first-order valence-corrected chi connectivity index (χ1v) is 5.98. The molecule has 0 saturated carbocycles. The van der Waals surface area contributed by atoms with E-state index in [0.29, 0.717) is 0 Å². The van der Waals surface area contributed by atoms with E-state index in [2.05, 4.69) is 8.92 Å². The number of benzene rings is 1. The summed E-state index contributed by atoms with van der Waals surface area (Å²) >= 11 is 0. The van der Waals surface area contributed by atoms with Gasteiger partial charge in [-0.3, -0.25) is 8.98 Å². The van der Waals surface area contributed by atoms with E-state index in [1.165, 1.54) is 12.1 Å². The predicted molar refractivity (Wildman–Crippen MR) is 56.3 cm³/mol. The number of carbonyl (C=O) groups excluding carboxylic acids is 1. The van der Waals surface area contributed by atoms with Gasteiger partial charge in [0.1, 0.15) is 13.2 Å². The van der Waals surface area contributed by atoms with E-state index in [9.17, 15) is 13.2 Å². The number of hydrogen-bond donors (Lipinski definition) is 0. The van der Waals surface area contributed by atoms with Crippen molar-refractivity contribution in [2.75, 3.05) is 13.2 Å². The first-order chi connectivity index (χ1) is 7.56. The number of aryl methyl sites for hydroxylation is 1. The molecule has 0 aliphatic carbocycles. The Balaban J connectivity index is 2.63. The Labute approximate surface area is 94.1 Å². The van der Waals surface area contributed by atoms with Crippen molar-refractivity contribution in [1.82, 2.24) is 0 Å². The van der Waals surface area contributed by atoms with Gasteiger partial charge in [0.2, 0.25) is 0 Å². The summed E-state index contributed by atoms with van der Waals surface area (Å²) in [6, 6.07) is 6.28. The average Bonchev–Trinajstić information content (AvgIpc) is 2.25. The zero-order valence-electron chi connectivity index (χ0n) is 8.75. The first-order valence-electron chi connectivity index (χ1n) is 4.57. The molecule has 0 N–H and O–H groups in total. The molecule has 0 fully saturated rings. The van der Waals surface area contributed by atoms with E-state index >= 15 is 0 Å². The highest BCUT2D eigenvalue weighted by atomic mass is 32.2. The average molecular weight is 244 g/mol. The molecule has 0 aromatic heterocycles. The van der Waals surface area contributed by atoms with Gasteiger partial charge in [0.25, 0.3) is 16.6 Å². The number of carbonyl (C=O) groups is 1. The van der Waals surface area contributed by atoms with Crippen LogP contribution in [0.5, 0.6) is 0 Å². The fourth-order valence-electron chi connectivity index (χ4n) is 1.01. The summed E-state index contributed by atoms with van der Waals surface area (Å²) in [7, 11) is -3.75. The van der Waals surface area contributed by atoms with Crippen LogP contribution in [-0.4, -0.2) is 28.1 Å². The van der Waals surface area contributed by atoms with E-state index in [1.807, 2.05) is 6.92 Å². The van der Waals surface area contributed by atoms with Gasteiger partial charge in [0.15, 0.2) is 0 Å².